The molecular weight excluding hydrogens is 290 g/mol. The SMILES string of the molecule is Cc1ccnc(OCC23CCCC2CN(c2ncccn2)C3)n1. The van der Waals surface area contributed by atoms with Gasteiger partial charge in [-0.05, 0) is 37.8 Å². The van der Waals surface area contributed by atoms with Crippen LogP contribution >= 0.6 is 0 Å². The average Bonchev–Trinajstić information content (AvgIpc) is 3.11. The van der Waals surface area contributed by atoms with Crippen molar-refractivity contribution < 1.29 is 4.74 Å². The molecule has 2 aromatic rings. The van der Waals surface area contributed by atoms with E-state index in [1.807, 2.05) is 19.1 Å². The molecule has 1 aliphatic carbocycles. The van der Waals surface area contributed by atoms with Crippen LogP contribution in [0.2, 0.25) is 0 Å². The van der Waals surface area contributed by atoms with Crippen molar-refractivity contribution in [3.63, 3.8) is 0 Å². The Hall–Kier alpha value is -2.24. The fourth-order valence-electron chi connectivity index (χ4n) is 3.96. The highest BCUT2D eigenvalue weighted by Crippen LogP contribution is 2.49. The van der Waals surface area contributed by atoms with Crippen molar-refractivity contribution in [3.8, 4) is 6.01 Å². The van der Waals surface area contributed by atoms with Gasteiger partial charge in [-0.3, -0.25) is 0 Å². The van der Waals surface area contributed by atoms with Gasteiger partial charge in [0.25, 0.3) is 0 Å². The van der Waals surface area contributed by atoms with Gasteiger partial charge in [-0.2, -0.15) is 0 Å². The molecule has 2 aromatic heterocycles. The molecule has 0 aromatic carbocycles. The number of anilines is 1. The van der Waals surface area contributed by atoms with E-state index >= 15 is 0 Å². The molecule has 23 heavy (non-hydrogen) atoms. The van der Waals surface area contributed by atoms with E-state index < -0.39 is 0 Å². The van der Waals surface area contributed by atoms with E-state index in [2.05, 4.69) is 24.8 Å². The lowest BCUT2D eigenvalue weighted by Crippen LogP contribution is -2.34. The minimum Gasteiger partial charge on any atom is -0.463 e. The molecule has 3 heterocycles. The van der Waals surface area contributed by atoms with Crippen molar-refractivity contribution in [2.45, 2.75) is 26.2 Å². The molecule has 0 radical (unpaired) electrons. The van der Waals surface area contributed by atoms with E-state index in [-0.39, 0.29) is 5.41 Å². The van der Waals surface area contributed by atoms with E-state index in [4.69, 9.17) is 4.74 Å². The molecular formula is C17H21N5O. The average molecular weight is 311 g/mol. The molecule has 1 saturated carbocycles. The van der Waals surface area contributed by atoms with Gasteiger partial charge < -0.3 is 9.64 Å². The Morgan fingerprint density at radius 3 is 2.96 bits per heavy atom. The predicted molar refractivity (Wildman–Crippen MR) is 86.3 cm³/mol. The van der Waals surface area contributed by atoms with Crippen LogP contribution in [0.5, 0.6) is 6.01 Å². The number of aryl methyl sites for hydroxylation is 1. The number of nitrogens with zero attached hydrogens (tertiary/aromatic N) is 5. The molecule has 1 aliphatic heterocycles. The molecule has 0 amide bonds. The Kier molecular flexibility index (Phi) is 3.59. The highest BCUT2D eigenvalue weighted by molar-refractivity contribution is 5.33. The highest BCUT2D eigenvalue weighted by Gasteiger charge is 2.50. The summed E-state index contributed by atoms with van der Waals surface area (Å²) >= 11 is 0. The molecule has 4 rings (SSSR count). The predicted octanol–water partition coefficient (Wildman–Crippen LogP) is 2.26. The number of ether oxygens (including phenoxy) is 1. The summed E-state index contributed by atoms with van der Waals surface area (Å²) in [6.45, 7) is 4.59. The second-order valence-corrected chi connectivity index (χ2v) is 6.65. The van der Waals surface area contributed by atoms with Crippen molar-refractivity contribution in [2.75, 3.05) is 24.6 Å². The Labute approximate surface area is 136 Å². The van der Waals surface area contributed by atoms with Gasteiger partial charge in [0.2, 0.25) is 5.95 Å². The zero-order chi connectivity index (χ0) is 15.7. The fourth-order valence-corrected chi connectivity index (χ4v) is 3.96. The molecule has 2 atom stereocenters. The highest BCUT2D eigenvalue weighted by atomic mass is 16.5. The van der Waals surface area contributed by atoms with E-state index in [9.17, 15) is 0 Å². The fraction of sp³-hybridized carbons (Fsp3) is 0.529. The Balaban J connectivity index is 1.49. The molecule has 2 unspecified atom stereocenters. The van der Waals surface area contributed by atoms with Gasteiger partial charge in [0.05, 0.1) is 6.61 Å². The molecule has 2 aliphatic rings. The van der Waals surface area contributed by atoms with Crippen LogP contribution in [0, 0.1) is 18.3 Å². The van der Waals surface area contributed by atoms with Crippen molar-refractivity contribution in [1.29, 1.82) is 0 Å². The van der Waals surface area contributed by atoms with Crippen LogP contribution in [-0.2, 0) is 0 Å². The first kappa shape index (κ1) is 14.4. The summed E-state index contributed by atoms with van der Waals surface area (Å²) in [6.07, 6.45) is 9.07. The molecule has 0 bridgehead atoms. The summed E-state index contributed by atoms with van der Waals surface area (Å²) in [6, 6.07) is 4.22. The van der Waals surface area contributed by atoms with E-state index in [0.717, 1.165) is 24.7 Å². The first-order valence-electron chi connectivity index (χ1n) is 8.20. The Bertz CT molecular complexity index is 680. The van der Waals surface area contributed by atoms with Gasteiger partial charge in [-0.15, -0.1) is 0 Å². The lowest BCUT2D eigenvalue weighted by atomic mass is 9.82. The summed E-state index contributed by atoms with van der Waals surface area (Å²) in [5.41, 5.74) is 1.10. The van der Waals surface area contributed by atoms with Gasteiger partial charge in [0, 0.05) is 42.8 Å². The maximum atomic E-state index is 5.97. The zero-order valence-electron chi connectivity index (χ0n) is 13.4. The van der Waals surface area contributed by atoms with Crippen LogP contribution in [0.25, 0.3) is 0 Å². The third-order valence-corrected chi connectivity index (χ3v) is 5.14. The summed E-state index contributed by atoms with van der Waals surface area (Å²) < 4.78 is 5.97. The minimum atomic E-state index is 0.173. The molecule has 120 valence electrons. The van der Waals surface area contributed by atoms with Crippen LogP contribution in [0.1, 0.15) is 25.0 Å². The second kappa shape index (κ2) is 5.76. The monoisotopic (exact) mass is 311 g/mol. The van der Waals surface area contributed by atoms with Crippen molar-refractivity contribution >= 4 is 5.95 Å². The standard InChI is InChI=1S/C17H21N5O/c1-13-5-9-20-16(21-13)23-12-17-6-2-4-14(17)10-22(11-17)15-18-7-3-8-19-15/h3,5,7-9,14H,2,4,6,10-12H2,1H3. The number of fused-ring (bicyclic) bond motifs is 1. The summed E-state index contributed by atoms with van der Waals surface area (Å²) in [4.78, 5) is 19.7. The quantitative estimate of drug-likeness (QED) is 0.863. The second-order valence-electron chi connectivity index (χ2n) is 6.65. The Morgan fingerprint density at radius 2 is 2.13 bits per heavy atom. The van der Waals surface area contributed by atoms with Gasteiger partial charge in [-0.25, -0.2) is 19.9 Å². The molecule has 1 saturated heterocycles. The molecule has 6 nitrogen and oxygen atoms in total. The normalized spacial score (nSPS) is 26.3. The summed E-state index contributed by atoms with van der Waals surface area (Å²) in [7, 11) is 0. The molecule has 0 spiro atoms. The van der Waals surface area contributed by atoms with Gasteiger partial charge in [-0.1, -0.05) is 6.42 Å². The van der Waals surface area contributed by atoms with Gasteiger partial charge in [0.15, 0.2) is 0 Å². The lowest BCUT2D eigenvalue weighted by Gasteiger charge is -2.28. The van der Waals surface area contributed by atoms with Crippen LogP contribution < -0.4 is 9.64 Å². The maximum absolute atomic E-state index is 5.97. The molecule has 2 fully saturated rings. The van der Waals surface area contributed by atoms with Crippen LogP contribution in [0.15, 0.2) is 30.7 Å². The van der Waals surface area contributed by atoms with E-state index in [0.29, 0.717) is 18.5 Å². The van der Waals surface area contributed by atoms with E-state index in [1.54, 1.807) is 18.6 Å². The summed E-state index contributed by atoms with van der Waals surface area (Å²) in [5.74, 6) is 1.46. The first-order valence-corrected chi connectivity index (χ1v) is 8.20. The molecule has 0 N–H and O–H groups in total. The Morgan fingerprint density at radius 1 is 1.26 bits per heavy atom. The van der Waals surface area contributed by atoms with Crippen molar-refractivity contribution in [1.82, 2.24) is 19.9 Å². The third kappa shape index (κ3) is 2.73. The zero-order valence-corrected chi connectivity index (χ0v) is 13.4. The van der Waals surface area contributed by atoms with Gasteiger partial charge >= 0.3 is 6.01 Å². The summed E-state index contributed by atoms with van der Waals surface area (Å²) in [5, 5.41) is 0. The van der Waals surface area contributed by atoms with Crippen LogP contribution in [-0.4, -0.2) is 39.6 Å². The van der Waals surface area contributed by atoms with Crippen molar-refractivity contribution in [2.24, 2.45) is 11.3 Å². The number of aromatic nitrogens is 4. The smallest absolute Gasteiger partial charge is 0.316 e. The van der Waals surface area contributed by atoms with Crippen LogP contribution in [0.4, 0.5) is 5.95 Å². The van der Waals surface area contributed by atoms with Crippen LogP contribution in [0.3, 0.4) is 0 Å². The molecule has 6 heteroatoms. The number of rotatable bonds is 4. The number of hydrogen-bond acceptors (Lipinski definition) is 6. The maximum Gasteiger partial charge on any atom is 0.316 e. The van der Waals surface area contributed by atoms with Crippen molar-refractivity contribution in [3.05, 3.63) is 36.4 Å². The topological polar surface area (TPSA) is 64.0 Å². The lowest BCUT2D eigenvalue weighted by molar-refractivity contribution is 0.130. The number of hydrogen-bond donors (Lipinski definition) is 0. The largest absolute Gasteiger partial charge is 0.463 e. The third-order valence-electron chi connectivity index (χ3n) is 5.14. The minimum absolute atomic E-state index is 0.173. The van der Waals surface area contributed by atoms with E-state index in [1.165, 1.54) is 19.3 Å². The van der Waals surface area contributed by atoms with Gasteiger partial charge in [0.1, 0.15) is 0 Å². The first-order chi connectivity index (χ1) is 11.3.